The molecular formula is C16H16ClFN2O4S. The van der Waals surface area contributed by atoms with Crippen molar-refractivity contribution in [3.05, 3.63) is 53.3 Å². The van der Waals surface area contributed by atoms with E-state index < -0.39 is 15.8 Å². The largest absolute Gasteiger partial charge is 0.484 e. The fourth-order valence-corrected chi connectivity index (χ4v) is 3.36. The molecule has 0 aliphatic rings. The molecule has 0 bridgehead atoms. The monoisotopic (exact) mass is 386 g/mol. The Hall–Kier alpha value is -2.32. The number of halogens is 2. The molecule has 0 radical (unpaired) electrons. The van der Waals surface area contributed by atoms with Crippen molar-refractivity contribution < 1.29 is 22.3 Å². The maximum atomic E-state index is 13.3. The van der Waals surface area contributed by atoms with E-state index >= 15 is 0 Å². The molecule has 0 unspecified atom stereocenters. The molecule has 0 saturated carbocycles. The molecule has 6 nitrogen and oxygen atoms in total. The maximum Gasteiger partial charge on any atom is 0.263 e. The van der Waals surface area contributed by atoms with Gasteiger partial charge in [-0.15, -0.1) is 0 Å². The van der Waals surface area contributed by atoms with Crippen LogP contribution in [0.4, 0.5) is 10.1 Å². The molecule has 1 amide bonds. The smallest absolute Gasteiger partial charge is 0.263 e. The normalized spacial score (nSPS) is 11.0. The summed E-state index contributed by atoms with van der Waals surface area (Å²) >= 11 is 5.83. The Bertz CT molecular complexity index is 870. The first-order valence-corrected chi connectivity index (χ1v) is 8.96. The summed E-state index contributed by atoms with van der Waals surface area (Å²) in [6.45, 7) is -0.128. The molecule has 0 aliphatic heterocycles. The number of rotatable bonds is 6. The molecule has 25 heavy (non-hydrogen) atoms. The Kier molecular flexibility index (Phi) is 5.86. The van der Waals surface area contributed by atoms with Gasteiger partial charge in [0.2, 0.25) is 0 Å². The second-order valence-corrected chi connectivity index (χ2v) is 7.34. The van der Waals surface area contributed by atoms with Crippen LogP contribution in [0.2, 0.25) is 5.02 Å². The van der Waals surface area contributed by atoms with Crippen LogP contribution >= 0.6 is 11.6 Å². The van der Waals surface area contributed by atoms with Gasteiger partial charge in [0, 0.05) is 19.8 Å². The molecule has 0 spiro atoms. The number of nitrogens with zero attached hydrogens (tertiary/aromatic N) is 1. The van der Waals surface area contributed by atoms with E-state index in [4.69, 9.17) is 16.3 Å². The summed E-state index contributed by atoms with van der Waals surface area (Å²) in [7, 11) is -0.815. The molecule has 2 aromatic rings. The van der Waals surface area contributed by atoms with Crippen LogP contribution in [0.3, 0.4) is 0 Å². The molecule has 134 valence electrons. The van der Waals surface area contributed by atoms with Crippen molar-refractivity contribution in [3.63, 3.8) is 0 Å². The molecule has 2 rings (SSSR count). The lowest BCUT2D eigenvalue weighted by Crippen LogP contribution is -2.27. The first-order valence-electron chi connectivity index (χ1n) is 7.10. The zero-order valence-corrected chi connectivity index (χ0v) is 15.1. The van der Waals surface area contributed by atoms with Crippen molar-refractivity contribution >= 4 is 33.2 Å². The standard InChI is InChI=1S/C16H16ClFN2O4S/c1-20(2)16(21)10-24-13-6-4-12(5-7-13)19-25(22,23)15-9-11(18)3-8-14(15)17/h3-9,19H,10H2,1-2H3. The molecule has 2 aromatic carbocycles. The first kappa shape index (κ1) is 19.0. The van der Waals surface area contributed by atoms with Crippen LogP contribution in [0, 0.1) is 5.82 Å². The van der Waals surface area contributed by atoms with Crippen molar-refractivity contribution in [2.75, 3.05) is 25.4 Å². The molecule has 0 saturated heterocycles. The van der Waals surface area contributed by atoms with Crippen molar-refractivity contribution in [1.82, 2.24) is 4.90 Å². The third-order valence-electron chi connectivity index (χ3n) is 3.15. The van der Waals surface area contributed by atoms with Gasteiger partial charge in [0.25, 0.3) is 15.9 Å². The van der Waals surface area contributed by atoms with Gasteiger partial charge >= 0.3 is 0 Å². The molecule has 0 heterocycles. The minimum absolute atomic E-state index is 0.0870. The van der Waals surface area contributed by atoms with Crippen LogP contribution in [0.25, 0.3) is 0 Å². The molecule has 0 atom stereocenters. The van der Waals surface area contributed by atoms with Crippen molar-refractivity contribution in [2.45, 2.75) is 4.90 Å². The predicted octanol–water partition coefficient (Wildman–Crippen LogP) is 2.75. The van der Waals surface area contributed by atoms with Gasteiger partial charge < -0.3 is 9.64 Å². The number of carbonyl (C=O) groups is 1. The number of nitrogens with one attached hydrogen (secondary N) is 1. The number of amides is 1. The highest BCUT2D eigenvalue weighted by Gasteiger charge is 2.19. The zero-order valence-electron chi connectivity index (χ0n) is 13.5. The van der Waals surface area contributed by atoms with E-state index in [-0.39, 0.29) is 28.1 Å². The summed E-state index contributed by atoms with van der Waals surface area (Å²) in [5, 5.41) is -0.0870. The highest BCUT2D eigenvalue weighted by atomic mass is 35.5. The van der Waals surface area contributed by atoms with Crippen molar-refractivity contribution in [2.24, 2.45) is 0 Å². The van der Waals surface area contributed by atoms with Gasteiger partial charge in [-0.2, -0.15) is 0 Å². The number of sulfonamides is 1. The van der Waals surface area contributed by atoms with Crippen LogP contribution in [-0.4, -0.2) is 39.9 Å². The Labute approximate surface area is 150 Å². The maximum absolute atomic E-state index is 13.3. The van der Waals surface area contributed by atoms with Gasteiger partial charge in [-0.3, -0.25) is 9.52 Å². The lowest BCUT2D eigenvalue weighted by atomic mass is 10.3. The Morgan fingerprint density at radius 3 is 2.44 bits per heavy atom. The van der Waals surface area contributed by atoms with Gasteiger partial charge in [0.05, 0.1) is 5.02 Å². The van der Waals surface area contributed by atoms with Crippen LogP contribution in [0.1, 0.15) is 0 Å². The summed E-state index contributed by atoms with van der Waals surface area (Å²) in [5.74, 6) is -0.508. The van der Waals surface area contributed by atoms with Crippen LogP contribution in [0.5, 0.6) is 5.75 Å². The van der Waals surface area contributed by atoms with E-state index in [2.05, 4.69) is 4.72 Å². The number of likely N-dealkylation sites (N-methyl/N-ethyl adjacent to an activating group) is 1. The number of hydrogen-bond donors (Lipinski definition) is 1. The van der Waals surface area contributed by atoms with E-state index in [1.165, 1.54) is 35.2 Å². The van der Waals surface area contributed by atoms with E-state index in [9.17, 15) is 17.6 Å². The topological polar surface area (TPSA) is 75.7 Å². The van der Waals surface area contributed by atoms with E-state index in [1.807, 2.05) is 0 Å². The van der Waals surface area contributed by atoms with E-state index in [0.29, 0.717) is 5.75 Å². The minimum Gasteiger partial charge on any atom is -0.484 e. The fraction of sp³-hybridized carbons (Fsp3) is 0.188. The van der Waals surface area contributed by atoms with E-state index in [0.717, 1.165) is 12.1 Å². The number of benzene rings is 2. The lowest BCUT2D eigenvalue weighted by molar-refractivity contribution is -0.130. The Morgan fingerprint density at radius 2 is 1.84 bits per heavy atom. The van der Waals surface area contributed by atoms with Crippen molar-refractivity contribution in [3.8, 4) is 5.75 Å². The quantitative estimate of drug-likeness (QED) is 0.828. The van der Waals surface area contributed by atoms with E-state index in [1.54, 1.807) is 14.1 Å². The molecular weight excluding hydrogens is 371 g/mol. The molecule has 0 aliphatic carbocycles. The van der Waals surface area contributed by atoms with Crippen LogP contribution in [-0.2, 0) is 14.8 Å². The molecule has 0 aromatic heterocycles. The average Bonchev–Trinajstić information content (AvgIpc) is 2.55. The van der Waals surface area contributed by atoms with Gasteiger partial charge in [-0.1, -0.05) is 11.6 Å². The summed E-state index contributed by atoms with van der Waals surface area (Å²) in [4.78, 5) is 12.5. The molecule has 9 heteroatoms. The fourth-order valence-electron chi connectivity index (χ4n) is 1.79. The second kappa shape index (κ2) is 7.71. The SMILES string of the molecule is CN(C)C(=O)COc1ccc(NS(=O)(=O)c2cc(F)ccc2Cl)cc1. The Balaban J connectivity index is 2.10. The highest BCUT2D eigenvalue weighted by Crippen LogP contribution is 2.25. The minimum atomic E-state index is -4.04. The second-order valence-electron chi connectivity index (χ2n) is 5.28. The molecule has 1 N–H and O–H groups in total. The Morgan fingerprint density at radius 1 is 1.20 bits per heavy atom. The average molecular weight is 387 g/mol. The van der Waals surface area contributed by atoms with Gasteiger partial charge in [-0.25, -0.2) is 12.8 Å². The molecule has 0 fully saturated rings. The summed E-state index contributed by atoms with van der Waals surface area (Å²) < 4.78 is 45.5. The van der Waals surface area contributed by atoms with Gasteiger partial charge in [0.1, 0.15) is 16.5 Å². The lowest BCUT2D eigenvalue weighted by Gasteiger charge is -2.12. The number of anilines is 1. The first-order chi connectivity index (χ1) is 11.7. The summed E-state index contributed by atoms with van der Waals surface area (Å²) in [6, 6.07) is 9.02. The highest BCUT2D eigenvalue weighted by molar-refractivity contribution is 7.92. The number of hydrogen-bond acceptors (Lipinski definition) is 4. The van der Waals surface area contributed by atoms with Crippen LogP contribution < -0.4 is 9.46 Å². The summed E-state index contributed by atoms with van der Waals surface area (Å²) in [6.07, 6.45) is 0. The van der Waals surface area contributed by atoms with Crippen molar-refractivity contribution in [1.29, 1.82) is 0 Å². The summed E-state index contributed by atoms with van der Waals surface area (Å²) in [5.41, 5.74) is 0.242. The van der Waals surface area contributed by atoms with Gasteiger partial charge in [-0.05, 0) is 42.5 Å². The number of ether oxygens (including phenoxy) is 1. The third-order valence-corrected chi connectivity index (χ3v) is 5.01. The predicted molar refractivity (Wildman–Crippen MR) is 92.8 cm³/mol. The van der Waals surface area contributed by atoms with Crippen LogP contribution in [0.15, 0.2) is 47.4 Å². The zero-order chi connectivity index (χ0) is 18.6. The number of carbonyl (C=O) groups excluding carboxylic acids is 1. The van der Waals surface area contributed by atoms with Gasteiger partial charge in [0.15, 0.2) is 6.61 Å². The third kappa shape index (κ3) is 5.07.